The fraction of sp³-hybridized carbons (Fsp3) is 0.200. The number of rotatable bonds is 2. The van der Waals surface area contributed by atoms with Gasteiger partial charge < -0.3 is 0 Å². The van der Waals surface area contributed by atoms with Gasteiger partial charge in [0.1, 0.15) is 5.69 Å². The van der Waals surface area contributed by atoms with E-state index in [1.165, 1.54) is 17.4 Å². The van der Waals surface area contributed by atoms with E-state index in [9.17, 15) is 4.79 Å². The zero-order valence-electron chi connectivity index (χ0n) is 11.1. The molecule has 100 valence electrons. The lowest BCUT2D eigenvalue weighted by Crippen LogP contribution is -2.26. The third-order valence-corrected chi connectivity index (χ3v) is 3.23. The van der Waals surface area contributed by atoms with Crippen LogP contribution in [0.2, 0.25) is 0 Å². The molecule has 1 amide bonds. The van der Waals surface area contributed by atoms with Gasteiger partial charge in [-0.1, -0.05) is 37.3 Å². The Bertz CT molecular complexity index is 639. The normalized spacial score (nSPS) is 17.9. The smallest absolute Gasteiger partial charge is 0.265 e. The van der Waals surface area contributed by atoms with Crippen LogP contribution in [0.3, 0.4) is 0 Å². The number of hydrogen-bond donors (Lipinski definition) is 0. The largest absolute Gasteiger partial charge is 0.294 e. The lowest BCUT2D eigenvalue weighted by atomic mass is 10.00. The van der Waals surface area contributed by atoms with Crippen molar-refractivity contribution in [3.8, 4) is 0 Å². The molecule has 0 N–H and O–H groups in total. The average molecular weight is 266 g/mol. The summed E-state index contributed by atoms with van der Waals surface area (Å²) >= 11 is 0. The van der Waals surface area contributed by atoms with Crippen molar-refractivity contribution in [2.75, 3.05) is 6.54 Å². The van der Waals surface area contributed by atoms with Crippen LogP contribution in [0.5, 0.6) is 0 Å². The van der Waals surface area contributed by atoms with Crippen LogP contribution in [0.15, 0.2) is 54.0 Å². The standard InChI is InChI=1S/C15H14N4O/c1-11-10-19(15(20)13-9-16-7-8-17-13)18-14(11)12-5-3-2-4-6-12/h2-9,11H,10H2,1H3. The molecule has 0 saturated heterocycles. The number of nitrogens with zero attached hydrogens (tertiary/aromatic N) is 4. The molecule has 1 aromatic carbocycles. The average Bonchev–Trinajstić information content (AvgIpc) is 2.90. The molecule has 0 fully saturated rings. The summed E-state index contributed by atoms with van der Waals surface area (Å²) in [6.07, 6.45) is 4.51. The number of carbonyl (C=O) groups excluding carboxylic acids is 1. The summed E-state index contributed by atoms with van der Waals surface area (Å²) in [4.78, 5) is 20.2. The van der Waals surface area contributed by atoms with Crippen molar-refractivity contribution in [2.24, 2.45) is 11.0 Å². The molecule has 0 saturated carbocycles. The maximum atomic E-state index is 12.3. The van der Waals surface area contributed by atoms with Crippen LogP contribution in [-0.4, -0.2) is 33.1 Å². The summed E-state index contributed by atoms with van der Waals surface area (Å²) in [6.45, 7) is 2.63. The van der Waals surface area contributed by atoms with Gasteiger partial charge >= 0.3 is 0 Å². The van der Waals surface area contributed by atoms with Crippen LogP contribution in [0, 0.1) is 5.92 Å². The van der Waals surface area contributed by atoms with Gasteiger partial charge in [-0.3, -0.25) is 9.78 Å². The first-order chi connectivity index (χ1) is 9.75. The minimum Gasteiger partial charge on any atom is -0.265 e. The Kier molecular flexibility index (Phi) is 3.25. The zero-order valence-corrected chi connectivity index (χ0v) is 11.1. The Morgan fingerprint density at radius 3 is 2.75 bits per heavy atom. The third kappa shape index (κ3) is 2.30. The van der Waals surface area contributed by atoms with E-state index < -0.39 is 0 Å². The molecular formula is C15H14N4O. The Morgan fingerprint density at radius 1 is 1.25 bits per heavy atom. The number of carbonyl (C=O) groups is 1. The van der Waals surface area contributed by atoms with Crippen LogP contribution in [-0.2, 0) is 0 Å². The van der Waals surface area contributed by atoms with E-state index in [1.54, 1.807) is 6.20 Å². The van der Waals surface area contributed by atoms with Gasteiger partial charge in [-0.05, 0) is 5.56 Å². The van der Waals surface area contributed by atoms with Gasteiger partial charge in [0.15, 0.2) is 0 Å². The summed E-state index contributed by atoms with van der Waals surface area (Å²) in [7, 11) is 0. The molecule has 3 rings (SSSR count). The van der Waals surface area contributed by atoms with E-state index in [0.29, 0.717) is 12.2 Å². The zero-order chi connectivity index (χ0) is 13.9. The van der Waals surface area contributed by atoms with Crippen molar-refractivity contribution in [3.05, 3.63) is 60.2 Å². The molecule has 2 heterocycles. The van der Waals surface area contributed by atoms with Crippen molar-refractivity contribution in [1.82, 2.24) is 15.0 Å². The molecule has 1 aliphatic rings. The van der Waals surface area contributed by atoms with Crippen LogP contribution in [0.1, 0.15) is 23.0 Å². The molecule has 0 radical (unpaired) electrons. The predicted octanol–water partition coefficient (Wildman–Crippen LogP) is 1.97. The monoisotopic (exact) mass is 266 g/mol. The lowest BCUT2D eigenvalue weighted by molar-refractivity contribution is 0.0763. The molecule has 0 aliphatic carbocycles. The summed E-state index contributed by atoms with van der Waals surface area (Å²) in [5, 5.41) is 5.92. The highest BCUT2D eigenvalue weighted by Crippen LogP contribution is 2.20. The molecule has 5 heteroatoms. The van der Waals surface area contributed by atoms with Crippen LogP contribution in [0.25, 0.3) is 0 Å². The van der Waals surface area contributed by atoms with Crippen molar-refractivity contribution in [3.63, 3.8) is 0 Å². The maximum absolute atomic E-state index is 12.3. The van der Waals surface area contributed by atoms with Gasteiger partial charge in [0, 0.05) is 18.3 Å². The Hall–Kier alpha value is -2.56. The molecule has 5 nitrogen and oxygen atoms in total. The molecule has 2 aromatic rings. The molecule has 0 spiro atoms. The van der Waals surface area contributed by atoms with E-state index in [2.05, 4.69) is 22.0 Å². The Labute approximate surface area is 117 Å². The SMILES string of the molecule is CC1CN(C(=O)c2cnccn2)N=C1c1ccccc1. The lowest BCUT2D eigenvalue weighted by Gasteiger charge is -2.11. The number of hydrazone groups is 1. The first-order valence-electron chi connectivity index (χ1n) is 6.47. The van der Waals surface area contributed by atoms with Crippen molar-refractivity contribution in [2.45, 2.75) is 6.92 Å². The van der Waals surface area contributed by atoms with E-state index in [0.717, 1.165) is 11.3 Å². The second-order valence-corrected chi connectivity index (χ2v) is 4.73. The molecule has 20 heavy (non-hydrogen) atoms. The van der Waals surface area contributed by atoms with E-state index >= 15 is 0 Å². The number of amides is 1. The Balaban J connectivity index is 1.87. The predicted molar refractivity (Wildman–Crippen MR) is 75.2 cm³/mol. The molecular weight excluding hydrogens is 252 g/mol. The highest BCUT2D eigenvalue weighted by molar-refractivity contribution is 6.05. The van der Waals surface area contributed by atoms with Crippen molar-refractivity contribution >= 4 is 11.6 Å². The first-order valence-corrected chi connectivity index (χ1v) is 6.47. The molecule has 1 aromatic heterocycles. The minimum atomic E-state index is -0.212. The van der Waals surface area contributed by atoms with Crippen molar-refractivity contribution in [1.29, 1.82) is 0 Å². The fourth-order valence-electron chi connectivity index (χ4n) is 2.24. The van der Waals surface area contributed by atoms with Gasteiger partial charge in [-0.2, -0.15) is 5.10 Å². The van der Waals surface area contributed by atoms with Gasteiger partial charge in [-0.15, -0.1) is 0 Å². The number of hydrogen-bond acceptors (Lipinski definition) is 4. The minimum absolute atomic E-state index is 0.207. The van der Waals surface area contributed by atoms with Gasteiger partial charge in [0.25, 0.3) is 5.91 Å². The van der Waals surface area contributed by atoms with Crippen LogP contribution >= 0.6 is 0 Å². The summed E-state index contributed by atoms with van der Waals surface area (Å²) in [6, 6.07) is 9.92. The van der Waals surface area contributed by atoms with Crippen LogP contribution < -0.4 is 0 Å². The second-order valence-electron chi connectivity index (χ2n) is 4.73. The quantitative estimate of drug-likeness (QED) is 0.835. The molecule has 1 unspecified atom stereocenters. The Morgan fingerprint density at radius 2 is 2.05 bits per heavy atom. The molecule has 1 aliphatic heterocycles. The maximum Gasteiger partial charge on any atom is 0.294 e. The van der Waals surface area contributed by atoms with Gasteiger partial charge in [0.05, 0.1) is 18.5 Å². The highest BCUT2D eigenvalue weighted by Gasteiger charge is 2.29. The summed E-state index contributed by atoms with van der Waals surface area (Å²) < 4.78 is 0. The highest BCUT2D eigenvalue weighted by atomic mass is 16.2. The van der Waals surface area contributed by atoms with Gasteiger partial charge in [0.2, 0.25) is 0 Å². The third-order valence-electron chi connectivity index (χ3n) is 3.23. The fourth-order valence-corrected chi connectivity index (χ4v) is 2.24. The van der Waals surface area contributed by atoms with E-state index in [1.807, 2.05) is 30.3 Å². The molecule has 0 bridgehead atoms. The van der Waals surface area contributed by atoms with Crippen LogP contribution in [0.4, 0.5) is 0 Å². The molecule has 1 atom stereocenters. The van der Waals surface area contributed by atoms with E-state index in [4.69, 9.17) is 0 Å². The summed E-state index contributed by atoms with van der Waals surface area (Å²) in [5.41, 5.74) is 2.30. The topological polar surface area (TPSA) is 58.5 Å². The number of benzene rings is 1. The van der Waals surface area contributed by atoms with E-state index in [-0.39, 0.29) is 11.8 Å². The van der Waals surface area contributed by atoms with Gasteiger partial charge in [-0.25, -0.2) is 9.99 Å². The number of aromatic nitrogens is 2. The summed E-state index contributed by atoms with van der Waals surface area (Å²) in [5.74, 6) is -0.00565. The van der Waals surface area contributed by atoms with Crippen molar-refractivity contribution < 1.29 is 4.79 Å². The first kappa shape index (κ1) is 12.5. The second kappa shape index (κ2) is 5.21.